The van der Waals surface area contributed by atoms with Crippen molar-refractivity contribution in [1.29, 1.82) is 0 Å². The zero-order valence-corrected chi connectivity index (χ0v) is 12.8. The molecular weight excluding hydrogens is 196 g/mol. The van der Waals surface area contributed by atoms with Crippen LogP contribution in [-0.4, -0.2) is 37.2 Å². The molecule has 1 atom stereocenters. The first-order valence-electron chi connectivity index (χ1n) is 3.48. The van der Waals surface area contributed by atoms with Gasteiger partial charge in [-0.25, -0.2) is 0 Å². The van der Waals surface area contributed by atoms with Crippen molar-refractivity contribution in [2.75, 3.05) is 6.61 Å². The van der Waals surface area contributed by atoms with Gasteiger partial charge >= 0.3 is 0 Å². The van der Waals surface area contributed by atoms with Crippen LogP contribution < -0.4 is 0 Å². The van der Waals surface area contributed by atoms with E-state index < -0.39 is 0 Å². The van der Waals surface area contributed by atoms with Gasteiger partial charge in [-0.15, -0.1) is 11.7 Å². The third-order valence-electron chi connectivity index (χ3n) is 1.63. The van der Waals surface area contributed by atoms with E-state index in [-0.39, 0.29) is 0 Å². The normalized spacial score (nSPS) is 20.7. The van der Waals surface area contributed by atoms with Crippen LogP contribution in [-0.2, 0) is 4.74 Å². The highest BCUT2D eigenvalue weighted by atomic mass is 33.1. The van der Waals surface area contributed by atoms with E-state index >= 15 is 0 Å². The van der Waals surface area contributed by atoms with Crippen LogP contribution in [0.5, 0.6) is 0 Å². The van der Waals surface area contributed by atoms with E-state index in [0.717, 1.165) is 6.61 Å². The number of ether oxygens (including phenoxy) is 1. The predicted octanol–water partition coefficient (Wildman–Crippen LogP) is -0.626. The Morgan fingerprint density at radius 1 is 1.70 bits per heavy atom. The summed E-state index contributed by atoms with van der Waals surface area (Å²) in [6.45, 7) is 5.01. The third kappa shape index (κ3) is 3.47. The summed E-state index contributed by atoms with van der Waals surface area (Å²) in [5.41, 5.74) is 0. The highest BCUT2D eigenvalue weighted by Crippen LogP contribution is 2.26. The minimum atomic E-state index is 0.387. The lowest BCUT2D eigenvalue weighted by atomic mass is 10.4. The molecule has 0 rings (SSSR count). The van der Waals surface area contributed by atoms with Gasteiger partial charge in [-0.3, -0.25) is 0 Å². The second-order valence-corrected chi connectivity index (χ2v) is 12.2. The van der Waals surface area contributed by atoms with E-state index in [1.807, 2.05) is 6.92 Å². The second-order valence-electron chi connectivity index (χ2n) is 2.79. The molecule has 0 heterocycles. The number of thiol groups is 1. The van der Waals surface area contributed by atoms with Gasteiger partial charge in [-0.1, -0.05) is 10.8 Å². The summed E-state index contributed by atoms with van der Waals surface area (Å²) in [6.07, 6.45) is 0.387. The summed E-state index contributed by atoms with van der Waals surface area (Å²) in [5.74, 6) is 0. The maximum Gasteiger partial charge on any atom is 0.0632 e. The molecule has 0 aliphatic carbocycles. The minimum Gasteiger partial charge on any atom is -0.378 e. The molecule has 0 saturated heterocycles. The summed E-state index contributed by atoms with van der Waals surface area (Å²) in [6, 6.07) is 0. The summed E-state index contributed by atoms with van der Waals surface area (Å²) in [5, 5.41) is 0. The first kappa shape index (κ1) is 11.1. The van der Waals surface area contributed by atoms with Crippen molar-refractivity contribution in [1.82, 2.24) is 0 Å². The molecule has 0 aromatic heterocycles. The van der Waals surface area contributed by atoms with Gasteiger partial charge in [0, 0.05) is 31.1 Å². The summed E-state index contributed by atoms with van der Waals surface area (Å²) >= 11 is 4.24. The Labute approximate surface area is 78.3 Å². The van der Waals surface area contributed by atoms with Crippen LogP contribution in [0.2, 0.25) is 0 Å². The van der Waals surface area contributed by atoms with Crippen molar-refractivity contribution < 1.29 is 4.74 Å². The molecule has 0 fully saturated rings. The van der Waals surface area contributed by atoms with E-state index in [4.69, 9.17) is 4.74 Å². The van der Waals surface area contributed by atoms with Gasteiger partial charge in [0.15, 0.2) is 0 Å². The van der Waals surface area contributed by atoms with Crippen molar-refractivity contribution in [3.05, 3.63) is 0 Å². The van der Waals surface area contributed by atoms with Crippen molar-refractivity contribution in [3.8, 4) is 0 Å². The number of rotatable bonds is 4. The fraction of sp³-hybridized carbons (Fsp3) is 1.00. The largest absolute Gasteiger partial charge is 0.378 e. The maximum atomic E-state index is 5.50. The van der Waals surface area contributed by atoms with E-state index in [0.29, 0.717) is 10.1 Å². The standard InChI is InChI=1S/C5H16OS2Si2/c1-3-6-4(2)5(9,10)8-7/h4,7H,3H2,1-2,9-10H3. The van der Waals surface area contributed by atoms with Crippen LogP contribution in [0.1, 0.15) is 13.8 Å². The highest BCUT2D eigenvalue weighted by Gasteiger charge is 2.25. The Morgan fingerprint density at radius 3 is 2.50 bits per heavy atom. The van der Waals surface area contributed by atoms with Crippen LogP contribution >= 0.6 is 22.5 Å². The summed E-state index contributed by atoms with van der Waals surface area (Å²) < 4.78 is 5.89. The first-order chi connectivity index (χ1) is 4.54. The quantitative estimate of drug-likeness (QED) is 0.378. The average molecular weight is 212 g/mol. The number of hydrogen-bond acceptors (Lipinski definition) is 3. The molecule has 62 valence electrons. The minimum absolute atomic E-state index is 0.387. The molecule has 0 N–H and O–H groups in total. The second kappa shape index (κ2) is 4.87. The zero-order valence-electron chi connectivity index (χ0n) is 7.05. The van der Waals surface area contributed by atoms with Crippen LogP contribution in [0.3, 0.4) is 0 Å². The van der Waals surface area contributed by atoms with Crippen molar-refractivity contribution in [3.63, 3.8) is 0 Å². The number of hydrogen-bond donors (Lipinski definition) is 1. The lowest BCUT2D eigenvalue weighted by Gasteiger charge is -2.28. The van der Waals surface area contributed by atoms with E-state index in [2.05, 4.69) is 18.6 Å². The van der Waals surface area contributed by atoms with Crippen LogP contribution in [0.4, 0.5) is 0 Å². The smallest absolute Gasteiger partial charge is 0.0632 e. The fourth-order valence-electron chi connectivity index (χ4n) is 0.525. The molecule has 10 heavy (non-hydrogen) atoms. The molecule has 1 unspecified atom stereocenters. The monoisotopic (exact) mass is 212 g/mol. The molecule has 1 nitrogen and oxygen atoms in total. The van der Waals surface area contributed by atoms with Gasteiger partial charge in [0.05, 0.1) is 6.10 Å². The molecule has 0 aliphatic rings. The molecule has 0 amide bonds. The topological polar surface area (TPSA) is 9.23 Å². The molecule has 0 radical (unpaired) electrons. The van der Waals surface area contributed by atoms with Crippen molar-refractivity contribution >= 4 is 42.9 Å². The Hall–Kier alpha value is 1.09. The highest BCUT2D eigenvalue weighted by molar-refractivity contribution is 8.69. The van der Waals surface area contributed by atoms with Gasteiger partial charge in [0.2, 0.25) is 0 Å². The zero-order chi connectivity index (χ0) is 8.20. The van der Waals surface area contributed by atoms with Gasteiger partial charge in [0.1, 0.15) is 0 Å². The van der Waals surface area contributed by atoms with Gasteiger partial charge in [-0.05, 0) is 13.8 Å². The molecular formula is C5H16OS2Si2. The predicted molar refractivity (Wildman–Crippen MR) is 60.3 cm³/mol. The molecule has 0 aromatic carbocycles. The molecule has 0 aromatic rings. The molecule has 5 heteroatoms. The maximum absolute atomic E-state index is 5.50. The van der Waals surface area contributed by atoms with E-state index in [1.165, 1.54) is 20.5 Å². The Bertz CT molecular complexity index is 99.6. The molecule has 0 bridgehead atoms. The van der Waals surface area contributed by atoms with Crippen LogP contribution in [0.25, 0.3) is 0 Å². The average Bonchev–Trinajstić information content (AvgIpc) is 1.89. The van der Waals surface area contributed by atoms with E-state index in [1.54, 1.807) is 10.8 Å². The Balaban J connectivity index is 3.78. The summed E-state index contributed by atoms with van der Waals surface area (Å²) in [4.78, 5) is 0. The Morgan fingerprint density at radius 2 is 2.20 bits per heavy atom. The van der Waals surface area contributed by atoms with Crippen molar-refractivity contribution in [2.45, 2.75) is 23.9 Å². The van der Waals surface area contributed by atoms with Crippen LogP contribution in [0, 0.1) is 0 Å². The van der Waals surface area contributed by atoms with Crippen LogP contribution in [0.15, 0.2) is 0 Å². The van der Waals surface area contributed by atoms with Crippen molar-refractivity contribution in [2.24, 2.45) is 0 Å². The van der Waals surface area contributed by atoms with Gasteiger partial charge < -0.3 is 4.74 Å². The van der Waals surface area contributed by atoms with Gasteiger partial charge in [-0.2, -0.15) is 0 Å². The molecule has 0 aliphatic heterocycles. The van der Waals surface area contributed by atoms with Gasteiger partial charge in [0.25, 0.3) is 0 Å². The SMILES string of the molecule is CCOC(C)C([SiH3])([SiH3])SS. The lowest BCUT2D eigenvalue weighted by molar-refractivity contribution is 0.0806. The lowest BCUT2D eigenvalue weighted by Crippen LogP contribution is -2.39. The summed E-state index contributed by atoms with van der Waals surface area (Å²) in [7, 11) is 4.01. The first-order valence-corrected chi connectivity index (χ1v) is 7.35. The molecule has 0 spiro atoms. The van der Waals surface area contributed by atoms with E-state index in [9.17, 15) is 0 Å². The molecule has 0 saturated carbocycles. The Kier molecular flexibility index (Phi) is 5.40. The third-order valence-corrected chi connectivity index (χ3v) is 8.76. The fourth-order valence-corrected chi connectivity index (χ4v) is 1.52.